The first-order chi connectivity index (χ1) is 7.74. The molecule has 6 heteroatoms. The van der Waals surface area contributed by atoms with E-state index in [4.69, 9.17) is 0 Å². The van der Waals surface area contributed by atoms with Crippen LogP contribution in [-0.2, 0) is 9.68 Å². The molecule has 0 unspecified atom stereocenters. The Kier molecular flexibility index (Phi) is 8.38. The molecule has 0 fully saturated rings. The molecule has 0 heterocycles. The van der Waals surface area contributed by atoms with Crippen molar-refractivity contribution in [3.63, 3.8) is 0 Å². The molecule has 0 rings (SSSR count). The molecule has 0 aliphatic heterocycles. The van der Waals surface area contributed by atoms with Crippen LogP contribution in [0.15, 0.2) is 10.7 Å². The van der Waals surface area contributed by atoms with Crippen LogP contribution in [0.5, 0.6) is 0 Å². The topological polar surface area (TPSA) is 77.3 Å². The number of hydrogen-bond donors (Lipinski definition) is 0. The number of hydrogen-bond acceptors (Lipinski definition) is 6. The highest BCUT2D eigenvalue weighted by atomic mass is 16.9. The predicted octanol–water partition coefficient (Wildman–Crippen LogP) is 3.85. The largest absolute Gasteiger partial charge is 0.313 e. The van der Waals surface area contributed by atoms with Crippen LogP contribution in [0.1, 0.15) is 58.8 Å². The lowest BCUT2D eigenvalue weighted by Crippen LogP contribution is -2.32. The Balaban J connectivity index is 4.35. The van der Waals surface area contributed by atoms with E-state index in [0.717, 1.165) is 32.1 Å². The van der Waals surface area contributed by atoms with Crippen LogP contribution in [0.2, 0.25) is 0 Å². The zero-order valence-corrected chi connectivity index (χ0v) is 9.98. The molecular formula is C10H20N2O4. The molecule has 0 aromatic carbocycles. The molecule has 0 amide bonds. The maximum absolute atomic E-state index is 10.2. The summed E-state index contributed by atoms with van der Waals surface area (Å²) in [5, 5.41) is 4.77. The molecule has 0 aliphatic rings. The minimum absolute atomic E-state index is 0.449. The molecule has 0 radical (unpaired) electrons. The van der Waals surface area contributed by atoms with Gasteiger partial charge in [-0.1, -0.05) is 33.1 Å². The number of unbranched alkanes of at least 4 members (excludes halogenated alkanes) is 3. The van der Waals surface area contributed by atoms with Gasteiger partial charge >= 0.3 is 5.79 Å². The van der Waals surface area contributed by atoms with Crippen LogP contribution >= 0.6 is 0 Å². The van der Waals surface area contributed by atoms with Crippen molar-refractivity contribution in [3.8, 4) is 0 Å². The third-order valence-electron chi connectivity index (χ3n) is 2.48. The normalized spacial score (nSPS) is 10.9. The molecule has 6 nitrogen and oxygen atoms in total. The van der Waals surface area contributed by atoms with E-state index in [1.54, 1.807) is 0 Å². The van der Waals surface area contributed by atoms with Gasteiger partial charge in [0.15, 0.2) is 10.7 Å². The van der Waals surface area contributed by atoms with E-state index >= 15 is 0 Å². The van der Waals surface area contributed by atoms with Gasteiger partial charge in [-0.15, -0.1) is 9.81 Å². The highest BCUT2D eigenvalue weighted by molar-refractivity contribution is 4.69. The molecule has 0 spiro atoms. The summed E-state index contributed by atoms with van der Waals surface area (Å²) >= 11 is 0. The van der Waals surface area contributed by atoms with Crippen LogP contribution in [0.3, 0.4) is 0 Å². The lowest BCUT2D eigenvalue weighted by molar-refractivity contribution is -0.250. The highest BCUT2D eigenvalue weighted by Crippen LogP contribution is 2.28. The van der Waals surface area contributed by atoms with Gasteiger partial charge in [0.2, 0.25) is 0 Å². The third kappa shape index (κ3) is 5.63. The number of rotatable bonds is 11. The Labute approximate surface area is 95.5 Å². The van der Waals surface area contributed by atoms with E-state index < -0.39 is 5.79 Å². The van der Waals surface area contributed by atoms with E-state index in [9.17, 15) is 9.81 Å². The summed E-state index contributed by atoms with van der Waals surface area (Å²) in [6.07, 6.45) is 5.44. The maximum atomic E-state index is 10.2. The lowest BCUT2D eigenvalue weighted by atomic mass is 10.0. The van der Waals surface area contributed by atoms with Gasteiger partial charge in [-0.3, -0.25) is 0 Å². The van der Waals surface area contributed by atoms with Crippen LogP contribution in [0.25, 0.3) is 0 Å². The maximum Gasteiger partial charge on any atom is 0.305 e. The van der Waals surface area contributed by atoms with Gasteiger partial charge in [0, 0.05) is 12.8 Å². The average Bonchev–Trinajstić information content (AvgIpc) is 2.27. The van der Waals surface area contributed by atoms with Crippen molar-refractivity contribution in [2.75, 3.05) is 0 Å². The summed E-state index contributed by atoms with van der Waals surface area (Å²) in [5.41, 5.74) is 0. The zero-order valence-electron chi connectivity index (χ0n) is 9.98. The first-order valence-electron chi connectivity index (χ1n) is 5.76. The fourth-order valence-corrected chi connectivity index (χ4v) is 1.55. The summed E-state index contributed by atoms with van der Waals surface area (Å²) in [6, 6.07) is 0. The molecule has 0 bridgehead atoms. The first-order valence-corrected chi connectivity index (χ1v) is 5.76. The molecule has 0 saturated carbocycles. The molecule has 0 aliphatic carbocycles. The third-order valence-corrected chi connectivity index (χ3v) is 2.48. The standard InChI is InChI=1S/C10H20N2O4/c1-3-5-7-9-10(15-11-13,16-12-14)8-6-4-2/h3-9H2,1-2H3. The minimum atomic E-state index is -1.26. The van der Waals surface area contributed by atoms with Gasteiger partial charge in [0.1, 0.15) is 0 Å². The smallest absolute Gasteiger partial charge is 0.305 e. The van der Waals surface area contributed by atoms with E-state index in [1.807, 2.05) is 6.92 Å². The van der Waals surface area contributed by atoms with Crippen LogP contribution in [-0.4, -0.2) is 5.79 Å². The highest BCUT2D eigenvalue weighted by Gasteiger charge is 2.36. The van der Waals surface area contributed by atoms with Crippen molar-refractivity contribution in [2.45, 2.75) is 64.6 Å². The Bertz CT molecular complexity index is 189. The van der Waals surface area contributed by atoms with Gasteiger partial charge in [0.05, 0.1) is 0 Å². The van der Waals surface area contributed by atoms with Crippen LogP contribution in [0, 0.1) is 9.81 Å². The van der Waals surface area contributed by atoms with Gasteiger partial charge in [-0.05, 0) is 12.8 Å². The first kappa shape index (κ1) is 14.8. The van der Waals surface area contributed by atoms with Crippen molar-refractivity contribution >= 4 is 0 Å². The van der Waals surface area contributed by atoms with E-state index in [1.165, 1.54) is 0 Å². The van der Waals surface area contributed by atoms with Crippen molar-refractivity contribution in [1.29, 1.82) is 0 Å². The van der Waals surface area contributed by atoms with E-state index in [0.29, 0.717) is 12.8 Å². The SMILES string of the molecule is CCCCCC(CCCC)(ON=O)ON=O. The summed E-state index contributed by atoms with van der Waals surface area (Å²) in [7, 11) is 0. The molecule has 94 valence electrons. The predicted molar refractivity (Wildman–Crippen MR) is 60.2 cm³/mol. The Morgan fingerprint density at radius 3 is 1.81 bits per heavy atom. The molecule has 0 atom stereocenters. The number of nitrogens with zero attached hydrogens (tertiary/aromatic N) is 2. The fourth-order valence-electron chi connectivity index (χ4n) is 1.55. The molecular weight excluding hydrogens is 212 g/mol. The van der Waals surface area contributed by atoms with Gasteiger partial charge in [0.25, 0.3) is 0 Å². The van der Waals surface area contributed by atoms with Crippen molar-refractivity contribution in [1.82, 2.24) is 0 Å². The van der Waals surface area contributed by atoms with Crippen LogP contribution < -0.4 is 0 Å². The molecule has 0 N–H and O–H groups in total. The Morgan fingerprint density at radius 1 is 0.875 bits per heavy atom. The molecule has 0 saturated heterocycles. The van der Waals surface area contributed by atoms with Gasteiger partial charge < -0.3 is 9.68 Å². The summed E-state index contributed by atoms with van der Waals surface area (Å²) in [4.78, 5) is 29.7. The summed E-state index contributed by atoms with van der Waals surface area (Å²) < 4.78 is 0. The van der Waals surface area contributed by atoms with Crippen LogP contribution in [0.4, 0.5) is 0 Å². The summed E-state index contributed by atoms with van der Waals surface area (Å²) in [5.74, 6) is -1.26. The van der Waals surface area contributed by atoms with Crippen molar-refractivity contribution in [3.05, 3.63) is 9.81 Å². The molecule has 16 heavy (non-hydrogen) atoms. The van der Waals surface area contributed by atoms with Gasteiger partial charge in [-0.2, -0.15) is 0 Å². The monoisotopic (exact) mass is 232 g/mol. The van der Waals surface area contributed by atoms with E-state index in [-0.39, 0.29) is 0 Å². The minimum Gasteiger partial charge on any atom is -0.313 e. The fraction of sp³-hybridized carbons (Fsp3) is 1.00. The molecule has 0 aromatic heterocycles. The molecule has 0 aromatic rings. The van der Waals surface area contributed by atoms with Gasteiger partial charge in [-0.25, -0.2) is 0 Å². The quantitative estimate of drug-likeness (QED) is 0.234. The van der Waals surface area contributed by atoms with E-state index in [2.05, 4.69) is 27.3 Å². The second-order valence-corrected chi connectivity index (χ2v) is 3.80. The second kappa shape index (κ2) is 9.06. The zero-order chi connectivity index (χ0) is 12.3. The lowest BCUT2D eigenvalue weighted by Gasteiger charge is -2.25. The average molecular weight is 232 g/mol. The van der Waals surface area contributed by atoms with Crippen molar-refractivity contribution in [2.24, 2.45) is 10.7 Å². The Morgan fingerprint density at radius 2 is 1.38 bits per heavy atom. The second-order valence-electron chi connectivity index (χ2n) is 3.80. The summed E-state index contributed by atoms with van der Waals surface area (Å²) in [6.45, 7) is 4.06. The Hall–Kier alpha value is -1.20. The van der Waals surface area contributed by atoms with Crippen molar-refractivity contribution < 1.29 is 9.68 Å².